The fourth-order valence-corrected chi connectivity index (χ4v) is 2.33. The van der Waals surface area contributed by atoms with E-state index in [1.807, 2.05) is 0 Å². The molecule has 0 saturated carbocycles. The second-order valence-corrected chi connectivity index (χ2v) is 4.81. The van der Waals surface area contributed by atoms with Crippen LogP contribution in [0, 0.1) is 5.82 Å². The Morgan fingerprint density at radius 3 is 2.74 bits per heavy atom. The van der Waals surface area contributed by atoms with Crippen LogP contribution >= 0.6 is 0 Å². The summed E-state index contributed by atoms with van der Waals surface area (Å²) in [6, 6.07) is 6.04. The largest absolute Gasteiger partial charge is 0.379 e. The molecule has 19 heavy (non-hydrogen) atoms. The predicted molar refractivity (Wildman–Crippen MR) is 70.2 cm³/mol. The number of benzene rings is 1. The number of amides is 1. The first kappa shape index (κ1) is 14.0. The second kappa shape index (κ2) is 6.12. The normalized spacial score (nSPS) is 20.3. The van der Waals surface area contributed by atoms with E-state index in [1.165, 1.54) is 12.1 Å². The molecule has 2 atom stereocenters. The minimum Gasteiger partial charge on any atom is -0.379 e. The lowest BCUT2D eigenvalue weighted by atomic mass is 9.97. The number of carbonyl (C=O) groups is 1. The van der Waals surface area contributed by atoms with E-state index in [9.17, 15) is 9.18 Å². The molecule has 0 spiro atoms. The van der Waals surface area contributed by atoms with E-state index < -0.39 is 5.92 Å². The summed E-state index contributed by atoms with van der Waals surface area (Å²) in [6.07, 6.45) is 0.850. The number of likely N-dealkylation sites (N-methyl/N-ethyl adjacent to an activating group) is 1. The molecule has 0 aliphatic carbocycles. The molecule has 2 N–H and O–H groups in total. The molecule has 4 nitrogen and oxygen atoms in total. The number of hydrogen-bond acceptors (Lipinski definition) is 3. The van der Waals surface area contributed by atoms with E-state index in [-0.39, 0.29) is 24.3 Å². The average Bonchev–Trinajstić information content (AvgIpc) is 2.94. The zero-order valence-electron chi connectivity index (χ0n) is 11.0. The molecule has 1 aliphatic rings. The van der Waals surface area contributed by atoms with Crippen LogP contribution in [-0.2, 0) is 9.53 Å². The molecule has 0 bridgehead atoms. The molecule has 2 unspecified atom stereocenters. The van der Waals surface area contributed by atoms with Crippen LogP contribution in [0.3, 0.4) is 0 Å². The Kier molecular flexibility index (Phi) is 4.50. The summed E-state index contributed by atoms with van der Waals surface area (Å²) in [5.41, 5.74) is 6.46. The van der Waals surface area contributed by atoms with Gasteiger partial charge in [-0.3, -0.25) is 4.79 Å². The highest BCUT2D eigenvalue weighted by Crippen LogP contribution is 2.21. The van der Waals surface area contributed by atoms with E-state index in [4.69, 9.17) is 10.5 Å². The van der Waals surface area contributed by atoms with Crippen LogP contribution < -0.4 is 5.73 Å². The average molecular weight is 266 g/mol. The Morgan fingerprint density at radius 2 is 2.21 bits per heavy atom. The van der Waals surface area contributed by atoms with Crippen molar-refractivity contribution in [1.82, 2.24) is 4.90 Å². The lowest BCUT2D eigenvalue weighted by Gasteiger charge is -2.27. The second-order valence-electron chi connectivity index (χ2n) is 4.81. The van der Waals surface area contributed by atoms with E-state index in [0.29, 0.717) is 13.2 Å². The molecule has 2 rings (SSSR count). The van der Waals surface area contributed by atoms with Crippen molar-refractivity contribution in [3.05, 3.63) is 35.6 Å². The van der Waals surface area contributed by atoms with Gasteiger partial charge in [0.15, 0.2) is 0 Å². The van der Waals surface area contributed by atoms with E-state index in [1.54, 1.807) is 24.1 Å². The number of carbonyl (C=O) groups excluding carboxylic acids is 1. The third kappa shape index (κ3) is 3.11. The van der Waals surface area contributed by atoms with Gasteiger partial charge >= 0.3 is 0 Å². The standard InChI is InChI=1S/C14H19FN2O2/c1-17(12-6-7-19-9-12)14(18)13(8-16)10-2-4-11(15)5-3-10/h2-5,12-13H,6-9,16H2,1H3. The van der Waals surface area contributed by atoms with Gasteiger partial charge in [-0.2, -0.15) is 0 Å². The molecule has 1 saturated heterocycles. The Labute approximate surface area is 112 Å². The number of ether oxygens (including phenoxy) is 1. The first-order valence-electron chi connectivity index (χ1n) is 6.43. The van der Waals surface area contributed by atoms with E-state index >= 15 is 0 Å². The summed E-state index contributed by atoms with van der Waals surface area (Å²) in [7, 11) is 1.77. The van der Waals surface area contributed by atoms with Crippen LogP contribution in [0.4, 0.5) is 4.39 Å². The monoisotopic (exact) mass is 266 g/mol. The molecule has 0 aromatic heterocycles. The number of halogens is 1. The topological polar surface area (TPSA) is 55.6 Å². The number of rotatable bonds is 4. The van der Waals surface area contributed by atoms with Gasteiger partial charge < -0.3 is 15.4 Å². The molecule has 104 valence electrons. The van der Waals surface area contributed by atoms with Crippen LogP contribution in [0.25, 0.3) is 0 Å². The molecular weight excluding hydrogens is 247 g/mol. The van der Waals surface area contributed by atoms with Crippen LogP contribution in [0.5, 0.6) is 0 Å². The number of hydrogen-bond donors (Lipinski definition) is 1. The summed E-state index contributed by atoms with van der Waals surface area (Å²) >= 11 is 0. The molecule has 1 amide bonds. The number of nitrogens with two attached hydrogens (primary N) is 1. The molecule has 1 fully saturated rings. The maximum atomic E-state index is 12.9. The fraction of sp³-hybridized carbons (Fsp3) is 0.500. The summed E-state index contributed by atoms with van der Waals surface area (Å²) in [4.78, 5) is 14.1. The molecule has 1 aromatic carbocycles. The van der Waals surface area contributed by atoms with Crippen LogP contribution in [0.1, 0.15) is 17.9 Å². The first-order chi connectivity index (χ1) is 9.13. The summed E-state index contributed by atoms with van der Waals surface area (Å²) in [5, 5.41) is 0. The molecular formula is C14H19FN2O2. The van der Waals surface area contributed by atoms with Crippen molar-refractivity contribution < 1.29 is 13.9 Å². The molecule has 5 heteroatoms. The molecule has 1 aliphatic heterocycles. The predicted octanol–water partition coefficient (Wildman–Crippen LogP) is 1.12. The molecule has 0 radical (unpaired) electrons. The lowest BCUT2D eigenvalue weighted by Crippen LogP contribution is -2.42. The van der Waals surface area contributed by atoms with Gasteiger partial charge in [0.25, 0.3) is 0 Å². The highest BCUT2D eigenvalue weighted by atomic mass is 19.1. The van der Waals surface area contributed by atoms with Gasteiger partial charge in [0.2, 0.25) is 5.91 Å². The summed E-state index contributed by atoms with van der Waals surface area (Å²) in [5.74, 6) is -0.777. The Morgan fingerprint density at radius 1 is 1.53 bits per heavy atom. The zero-order valence-corrected chi connectivity index (χ0v) is 11.0. The van der Waals surface area contributed by atoms with Crippen molar-refractivity contribution in [2.75, 3.05) is 26.8 Å². The van der Waals surface area contributed by atoms with E-state index in [0.717, 1.165) is 12.0 Å². The van der Waals surface area contributed by atoms with Gasteiger partial charge in [0.1, 0.15) is 5.82 Å². The Hall–Kier alpha value is -1.46. The molecule has 1 aromatic rings. The van der Waals surface area contributed by atoms with Crippen molar-refractivity contribution in [2.45, 2.75) is 18.4 Å². The molecule has 1 heterocycles. The quantitative estimate of drug-likeness (QED) is 0.888. The maximum absolute atomic E-state index is 12.9. The van der Waals surface area contributed by atoms with Crippen LogP contribution in [0.2, 0.25) is 0 Å². The van der Waals surface area contributed by atoms with Gasteiger partial charge in [-0.15, -0.1) is 0 Å². The minimum absolute atomic E-state index is 0.0374. The maximum Gasteiger partial charge on any atom is 0.231 e. The SMILES string of the molecule is CN(C(=O)C(CN)c1ccc(F)cc1)C1CCOC1. The van der Waals surface area contributed by atoms with Gasteiger partial charge in [-0.05, 0) is 24.1 Å². The van der Waals surface area contributed by atoms with Gasteiger partial charge in [-0.1, -0.05) is 12.1 Å². The van der Waals surface area contributed by atoms with Gasteiger partial charge in [-0.25, -0.2) is 4.39 Å². The highest BCUT2D eigenvalue weighted by Gasteiger charge is 2.29. The van der Waals surface area contributed by atoms with E-state index in [2.05, 4.69) is 0 Å². The van der Waals surface area contributed by atoms with Gasteiger partial charge in [0.05, 0.1) is 18.6 Å². The van der Waals surface area contributed by atoms with Crippen molar-refractivity contribution in [3.63, 3.8) is 0 Å². The lowest BCUT2D eigenvalue weighted by molar-refractivity contribution is -0.133. The van der Waals surface area contributed by atoms with Gasteiger partial charge in [0, 0.05) is 20.2 Å². The Balaban J connectivity index is 2.12. The fourth-order valence-electron chi connectivity index (χ4n) is 2.33. The van der Waals surface area contributed by atoms with Crippen molar-refractivity contribution in [2.24, 2.45) is 5.73 Å². The highest BCUT2D eigenvalue weighted by molar-refractivity contribution is 5.84. The first-order valence-corrected chi connectivity index (χ1v) is 6.43. The smallest absolute Gasteiger partial charge is 0.231 e. The van der Waals surface area contributed by atoms with Crippen LogP contribution in [0.15, 0.2) is 24.3 Å². The van der Waals surface area contributed by atoms with Crippen LogP contribution in [-0.4, -0.2) is 43.7 Å². The number of nitrogens with zero attached hydrogens (tertiary/aromatic N) is 1. The summed E-state index contributed by atoms with van der Waals surface area (Å²) < 4.78 is 18.2. The van der Waals surface area contributed by atoms with Crippen molar-refractivity contribution >= 4 is 5.91 Å². The van der Waals surface area contributed by atoms with Crippen molar-refractivity contribution in [3.8, 4) is 0 Å². The minimum atomic E-state index is -0.425. The third-order valence-electron chi connectivity index (χ3n) is 3.61. The van der Waals surface area contributed by atoms with Crippen molar-refractivity contribution in [1.29, 1.82) is 0 Å². The zero-order chi connectivity index (χ0) is 13.8. The third-order valence-corrected chi connectivity index (χ3v) is 3.61. The Bertz CT molecular complexity index is 430. The summed E-state index contributed by atoms with van der Waals surface area (Å²) in [6.45, 7) is 1.47.